The third kappa shape index (κ3) is 4.18. The van der Waals surface area contributed by atoms with Crippen molar-refractivity contribution < 1.29 is 14.7 Å². The van der Waals surface area contributed by atoms with E-state index in [0.717, 1.165) is 24.1 Å². The zero-order valence-electron chi connectivity index (χ0n) is 12.7. The molecule has 1 atom stereocenters. The van der Waals surface area contributed by atoms with E-state index in [4.69, 9.17) is 0 Å². The van der Waals surface area contributed by atoms with Gasteiger partial charge in [0.1, 0.15) is 6.04 Å². The molecule has 0 bridgehead atoms. The number of carbonyl (C=O) groups is 2. The van der Waals surface area contributed by atoms with Gasteiger partial charge >= 0.3 is 5.97 Å². The Morgan fingerprint density at radius 2 is 2.04 bits per heavy atom. The van der Waals surface area contributed by atoms with Gasteiger partial charge in [-0.2, -0.15) is 5.10 Å². The lowest BCUT2D eigenvalue weighted by Crippen LogP contribution is -2.41. The fourth-order valence-corrected chi connectivity index (χ4v) is 2.51. The maximum absolute atomic E-state index is 12.1. The normalized spacial score (nSPS) is 15.1. The summed E-state index contributed by atoms with van der Waals surface area (Å²) < 4.78 is 1.70. The Hall–Kier alpha value is -2.63. The number of carboxylic acids is 1. The van der Waals surface area contributed by atoms with Crippen LogP contribution in [-0.2, 0) is 16.0 Å². The zero-order valence-corrected chi connectivity index (χ0v) is 12.7. The molecule has 1 aliphatic rings. The van der Waals surface area contributed by atoms with Crippen LogP contribution >= 0.6 is 0 Å². The fourth-order valence-electron chi connectivity index (χ4n) is 2.51. The zero-order chi connectivity index (χ0) is 16.2. The minimum atomic E-state index is -0.967. The van der Waals surface area contributed by atoms with Gasteiger partial charge in [0.25, 0.3) is 0 Å². The minimum Gasteiger partial charge on any atom is -0.480 e. The van der Waals surface area contributed by atoms with Gasteiger partial charge in [-0.25, -0.2) is 9.48 Å². The lowest BCUT2D eigenvalue weighted by molar-refractivity contribution is -0.142. The molecule has 6 heteroatoms. The van der Waals surface area contributed by atoms with Crippen LogP contribution in [0.15, 0.2) is 42.7 Å². The second kappa shape index (κ2) is 6.64. The topological polar surface area (TPSA) is 84.2 Å². The molecule has 1 amide bonds. The summed E-state index contributed by atoms with van der Waals surface area (Å²) >= 11 is 0. The maximum atomic E-state index is 12.1. The SMILES string of the molecule is O=C(Cc1cnn(-c2ccccc2)c1)NC(CC1CC1)C(=O)O. The first-order chi connectivity index (χ1) is 11.1. The highest BCUT2D eigenvalue weighted by Gasteiger charge is 2.30. The number of hydrogen-bond donors (Lipinski definition) is 2. The Bertz CT molecular complexity index is 692. The fraction of sp³-hybridized carbons (Fsp3) is 0.353. The number of para-hydroxylation sites is 1. The van der Waals surface area contributed by atoms with Crippen molar-refractivity contribution in [2.24, 2.45) is 5.92 Å². The molecule has 1 saturated carbocycles. The van der Waals surface area contributed by atoms with Crippen LogP contribution in [-0.4, -0.2) is 32.8 Å². The molecule has 1 aromatic heterocycles. The van der Waals surface area contributed by atoms with Crippen molar-refractivity contribution in [2.45, 2.75) is 31.7 Å². The van der Waals surface area contributed by atoms with E-state index >= 15 is 0 Å². The largest absolute Gasteiger partial charge is 0.480 e. The predicted octanol–water partition coefficient (Wildman–Crippen LogP) is 1.78. The molecule has 23 heavy (non-hydrogen) atoms. The quantitative estimate of drug-likeness (QED) is 0.816. The molecule has 1 heterocycles. The summed E-state index contributed by atoms with van der Waals surface area (Å²) in [6.45, 7) is 0. The van der Waals surface area contributed by atoms with Gasteiger partial charge in [-0.3, -0.25) is 4.79 Å². The molecular weight excluding hydrogens is 294 g/mol. The van der Waals surface area contributed by atoms with Crippen LogP contribution in [0.25, 0.3) is 5.69 Å². The van der Waals surface area contributed by atoms with Crippen LogP contribution in [0.5, 0.6) is 0 Å². The average Bonchev–Trinajstić information content (AvgIpc) is 3.24. The Balaban J connectivity index is 1.59. The molecule has 0 aliphatic heterocycles. The number of carbonyl (C=O) groups excluding carboxylic acids is 1. The lowest BCUT2D eigenvalue weighted by Gasteiger charge is -2.13. The Morgan fingerprint density at radius 3 is 2.70 bits per heavy atom. The molecule has 0 radical (unpaired) electrons. The number of aromatic nitrogens is 2. The van der Waals surface area contributed by atoms with Crippen LogP contribution < -0.4 is 5.32 Å². The molecule has 2 N–H and O–H groups in total. The molecule has 2 aromatic rings. The highest BCUT2D eigenvalue weighted by molar-refractivity contribution is 5.84. The van der Waals surface area contributed by atoms with Crippen LogP contribution in [0.1, 0.15) is 24.8 Å². The van der Waals surface area contributed by atoms with Gasteiger partial charge in [0, 0.05) is 6.20 Å². The predicted molar refractivity (Wildman–Crippen MR) is 84.2 cm³/mol. The van der Waals surface area contributed by atoms with E-state index in [1.807, 2.05) is 30.3 Å². The molecular formula is C17H19N3O3. The van der Waals surface area contributed by atoms with Gasteiger partial charge < -0.3 is 10.4 Å². The second-order valence-electron chi connectivity index (χ2n) is 5.94. The number of nitrogens with zero attached hydrogens (tertiary/aromatic N) is 2. The maximum Gasteiger partial charge on any atom is 0.326 e. The third-order valence-corrected chi connectivity index (χ3v) is 3.92. The Labute approximate surface area is 134 Å². The van der Waals surface area contributed by atoms with Crippen molar-refractivity contribution in [3.63, 3.8) is 0 Å². The number of aliphatic carboxylic acids is 1. The summed E-state index contributed by atoms with van der Waals surface area (Å²) in [5.74, 6) is -0.812. The van der Waals surface area contributed by atoms with E-state index in [1.165, 1.54) is 0 Å². The van der Waals surface area contributed by atoms with Crippen molar-refractivity contribution in [3.05, 3.63) is 48.3 Å². The molecule has 1 aromatic carbocycles. The van der Waals surface area contributed by atoms with Crippen LogP contribution in [0, 0.1) is 5.92 Å². The van der Waals surface area contributed by atoms with Crippen LogP contribution in [0.3, 0.4) is 0 Å². The third-order valence-electron chi connectivity index (χ3n) is 3.92. The summed E-state index contributed by atoms with van der Waals surface area (Å²) in [4.78, 5) is 23.3. The Kier molecular flexibility index (Phi) is 4.41. The van der Waals surface area contributed by atoms with Gasteiger partial charge in [-0.05, 0) is 30.0 Å². The van der Waals surface area contributed by atoms with Crippen molar-refractivity contribution in [3.8, 4) is 5.69 Å². The van der Waals surface area contributed by atoms with E-state index in [9.17, 15) is 14.7 Å². The number of amides is 1. The highest BCUT2D eigenvalue weighted by Crippen LogP contribution is 2.33. The first kappa shape index (κ1) is 15.3. The van der Waals surface area contributed by atoms with Gasteiger partial charge in [0.2, 0.25) is 5.91 Å². The first-order valence-corrected chi connectivity index (χ1v) is 7.73. The van der Waals surface area contributed by atoms with Crippen LogP contribution in [0.2, 0.25) is 0 Å². The molecule has 120 valence electrons. The summed E-state index contributed by atoms with van der Waals surface area (Å²) in [5.41, 5.74) is 1.67. The smallest absolute Gasteiger partial charge is 0.326 e. The van der Waals surface area contributed by atoms with E-state index < -0.39 is 12.0 Å². The van der Waals surface area contributed by atoms with Gasteiger partial charge in [0.15, 0.2) is 0 Å². The summed E-state index contributed by atoms with van der Waals surface area (Å²) in [5, 5.41) is 16.0. The van der Waals surface area contributed by atoms with E-state index in [0.29, 0.717) is 12.3 Å². The highest BCUT2D eigenvalue weighted by atomic mass is 16.4. The van der Waals surface area contributed by atoms with Gasteiger partial charge in [0.05, 0.1) is 18.3 Å². The Morgan fingerprint density at radius 1 is 1.30 bits per heavy atom. The van der Waals surface area contributed by atoms with Gasteiger partial charge in [-0.15, -0.1) is 0 Å². The van der Waals surface area contributed by atoms with E-state index in [1.54, 1.807) is 17.1 Å². The first-order valence-electron chi connectivity index (χ1n) is 7.73. The van der Waals surface area contributed by atoms with Crippen molar-refractivity contribution >= 4 is 11.9 Å². The lowest BCUT2D eigenvalue weighted by atomic mass is 10.1. The van der Waals surface area contributed by atoms with Crippen molar-refractivity contribution in [1.82, 2.24) is 15.1 Å². The second-order valence-corrected chi connectivity index (χ2v) is 5.94. The number of hydrogen-bond acceptors (Lipinski definition) is 3. The standard InChI is InChI=1S/C17H19N3O3/c21-16(19-15(17(22)23)8-12-6-7-12)9-13-10-18-20(11-13)14-4-2-1-3-5-14/h1-5,10-12,15H,6-9H2,(H,19,21)(H,22,23). The van der Waals surface area contributed by atoms with E-state index in [-0.39, 0.29) is 12.3 Å². The molecule has 3 rings (SSSR count). The summed E-state index contributed by atoms with van der Waals surface area (Å²) in [6.07, 6.45) is 6.17. The number of benzene rings is 1. The number of rotatable bonds is 7. The molecule has 1 unspecified atom stereocenters. The van der Waals surface area contributed by atoms with Crippen LogP contribution in [0.4, 0.5) is 0 Å². The monoisotopic (exact) mass is 313 g/mol. The summed E-state index contributed by atoms with van der Waals surface area (Å²) in [6, 6.07) is 8.81. The molecule has 6 nitrogen and oxygen atoms in total. The van der Waals surface area contributed by atoms with E-state index in [2.05, 4.69) is 10.4 Å². The van der Waals surface area contributed by atoms with Crippen molar-refractivity contribution in [2.75, 3.05) is 0 Å². The average molecular weight is 313 g/mol. The summed E-state index contributed by atoms with van der Waals surface area (Å²) in [7, 11) is 0. The minimum absolute atomic E-state index is 0.126. The number of nitrogens with one attached hydrogen (secondary N) is 1. The van der Waals surface area contributed by atoms with Gasteiger partial charge in [-0.1, -0.05) is 31.0 Å². The molecule has 1 aliphatic carbocycles. The molecule has 0 spiro atoms. The van der Waals surface area contributed by atoms with Crippen molar-refractivity contribution in [1.29, 1.82) is 0 Å². The molecule has 1 fully saturated rings. The molecule has 0 saturated heterocycles. The number of carboxylic acid groups (broad SMARTS) is 1.